The summed E-state index contributed by atoms with van der Waals surface area (Å²) >= 11 is 0. The van der Waals surface area contributed by atoms with Gasteiger partial charge in [-0.05, 0) is 36.6 Å². The normalized spacial score (nSPS) is 21.7. The van der Waals surface area contributed by atoms with Crippen LogP contribution in [0.5, 0.6) is 5.75 Å². The Morgan fingerprint density at radius 1 is 1.33 bits per heavy atom. The Morgan fingerprint density at radius 2 is 2.00 bits per heavy atom. The molecule has 0 spiro atoms. The third-order valence-electron chi connectivity index (χ3n) is 3.01. The third kappa shape index (κ3) is 3.22. The van der Waals surface area contributed by atoms with E-state index in [-0.39, 0.29) is 29.1 Å². The minimum atomic E-state index is -2.90. The van der Waals surface area contributed by atoms with Gasteiger partial charge < -0.3 is 10.4 Å². The number of phenols is 1. The number of hydrogen-bond donors (Lipinski definition) is 2. The van der Waals surface area contributed by atoms with Crippen LogP contribution in [0.25, 0.3) is 0 Å². The summed E-state index contributed by atoms with van der Waals surface area (Å²) < 4.78 is 22.5. The second-order valence-electron chi connectivity index (χ2n) is 4.53. The van der Waals surface area contributed by atoms with Crippen molar-refractivity contribution < 1.29 is 18.3 Å². The summed E-state index contributed by atoms with van der Waals surface area (Å²) in [4.78, 5) is 11.7. The average Bonchev–Trinajstić information content (AvgIpc) is 2.67. The number of sulfone groups is 1. The van der Waals surface area contributed by atoms with Crippen LogP contribution in [-0.4, -0.2) is 37.5 Å². The smallest absolute Gasteiger partial charge is 0.251 e. The highest BCUT2D eigenvalue weighted by Gasteiger charge is 2.27. The number of phenolic OH excluding ortho intramolecular Hbond substituents is 1. The highest BCUT2D eigenvalue weighted by Crippen LogP contribution is 2.17. The van der Waals surface area contributed by atoms with Gasteiger partial charge in [0.25, 0.3) is 5.91 Å². The summed E-state index contributed by atoms with van der Waals surface area (Å²) in [5.41, 5.74) is 0.452. The van der Waals surface area contributed by atoms with Gasteiger partial charge in [-0.25, -0.2) is 8.42 Å². The lowest BCUT2D eigenvalue weighted by atomic mass is 10.1. The Labute approximate surface area is 106 Å². The number of carbonyl (C=O) groups excluding carboxylic acids is 1. The summed E-state index contributed by atoms with van der Waals surface area (Å²) in [5.74, 6) is 0.235. The van der Waals surface area contributed by atoms with Gasteiger partial charge in [0, 0.05) is 12.1 Å². The van der Waals surface area contributed by atoms with Gasteiger partial charge in [-0.2, -0.15) is 0 Å². The monoisotopic (exact) mass is 269 g/mol. The number of benzene rings is 1. The molecule has 1 aromatic rings. The fraction of sp³-hybridized carbons (Fsp3) is 0.417. The molecule has 1 fully saturated rings. The van der Waals surface area contributed by atoms with Crippen molar-refractivity contribution in [2.45, 2.75) is 6.42 Å². The first-order chi connectivity index (χ1) is 8.46. The predicted octanol–water partition coefficient (Wildman–Crippen LogP) is 0.557. The standard InChI is InChI=1S/C12H15NO4S/c14-11-3-1-10(2-4-11)12(15)13-7-9-5-6-18(16,17)8-9/h1-4,9,14H,5-8H2,(H,13,15). The largest absolute Gasteiger partial charge is 0.508 e. The van der Waals surface area contributed by atoms with Crippen molar-refractivity contribution in [1.82, 2.24) is 5.32 Å². The van der Waals surface area contributed by atoms with Crippen LogP contribution in [0.15, 0.2) is 24.3 Å². The number of rotatable bonds is 3. The van der Waals surface area contributed by atoms with Crippen molar-refractivity contribution in [3.05, 3.63) is 29.8 Å². The van der Waals surface area contributed by atoms with Gasteiger partial charge in [-0.15, -0.1) is 0 Å². The van der Waals surface area contributed by atoms with E-state index in [2.05, 4.69) is 5.32 Å². The van der Waals surface area contributed by atoms with E-state index in [0.29, 0.717) is 18.5 Å². The molecule has 1 aromatic carbocycles. The molecule has 5 nitrogen and oxygen atoms in total. The van der Waals surface area contributed by atoms with Gasteiger partial charge in [-0.1, -0.05) is 0 Å². The summed E-state index contributed by atoms with van der Waals surface area (Å²) in [6.07, 6.45) is 0.609. The molecule has 0 radical (unpaired) electrons. The highest BCUT2D eigenvalue weighted by atomic mass is 32.2. The van der Waals surface area contributed by atoms with E-state index < -0.39 is 9.84 Å². The molecule has 0 aliphatic carbocycles. The summed E-state index contributed by atoms with van der Waals surface area (Å²) in [6.45, 7) is 0.374. The van der Waals surface area contributed by atoms with Gasteiger partial charge in [0.15, 0.2) is 9.84 Å². The zero-order valence-electron chi connectivity index (χ0n) is 9.80. The zero-order valence-corrected chi connectivity index (χ0v) is 10.6. The van der Waals surface area contributed by atoms with E-state index in [9.17, 15) is 13.2 Å². The molecule has 2 N–H and O–H groups in total. The number of hydrogen-bond acceptors (Lipinski definition) is 4. The van der Waals surface area contributed by atoms with Crippen LogP contribution < -0.4 is 5.32 Å². The van der Waals surface area contributed by atoms with Crippen LogP contribution in [0, 0.1) is 5.92 Å². The molecule has 2 rings (SSSR count). The van der Waals surface area contributed by atoms with Crippen LogP contribution in [0.2, 0.25) is 0 Å². The lowest BCUT2D eigenvalue weighted by Crippen LogP contribution is -2.29. The summed E-state index contributed by atoms with van der Waals surface area (Å²) in [7, 11) is -2.90. The molecule has 1 aliphatic heterocycles. The maximum Gasteiger partial charge on any atom is 0.251 e. The molecule has 0 aromatic heterocycles. The topological polar surface area (TPSA) is 83.5 Å². The van der Waals surface area contributed by atoms with Gasteiger partial charge >= 0.3 is 0 Å². The van der Waals surface area contributed by atoms with Crippen molar-refractivity contribution in [3.63, 3.8) is 0 Å². The number of nitrogens with one attached hydrogen (secondary N) is 1. The molecule has 1 saturated heterocycles. The second-order valence-corrected chi connectivity index (χ2v) is 6.75. The first-order valence-electron chi connectivity index (χ1n) is 5.74. The SMILES string of the molecule is O=C(NCC1CCS(=O)(=O)C1)c1ccc(O)cc1. The Morgan fingerprint density at radius 3 is 2.56 bits per heavy atom. The van der Waals surface area contributed by atoms with E-state index >= 15 is 0 Å². The molecule has 1 atom stereocenters. The van der Waals surface area contributed by atoms with E-state index in [1.54, 1.807) is 0 Å². The summed E-state index contributed by atoms with van der Waals surface area (Å²) in [6, 6.07) is 5.93. The minimum Gasteiger partial charge on any atom is -0.508 e. The van der Waals surface area contributed by atoms with E-state index in [1.165, 1.54) is 24.3 Å². The van der Waals surface area contributed by atoms with Gasteiger partial charge in [0.05, 0.1) is 11.5 Å². The lowest BCUT2D eigenvalue weighted by molar-refractivity contribution is 0.0948. The zero-order chi connectivity index (χ0) is 13.2. The molecule has 1 aliphatic rings. The Kier molecular flexibility index (Phi) is 3.56. The maximum absolute atomic E-state index is 11.7. The van der Waals surface area contributed by atoms with Crippen molar-refractivity contribution >= 4 is 15.7 Å². The van der Waals surface area contributed by atoms with E-state index in [4.69, 9.17) is 5.11 Å². The fourth-order valence-corrected chi connectivity index (χ4v) is 3.85. The molecule has 18 heavy (non-hydrogen) atoms. The van der Waals surface area contributed by atoms with Crippen LogP contribution in [0.4, 0.5) is 0 Å². The summed E-state index contributed by atoms with van der Waals surface area (Å²) in [5, 5.41) is 11.8. The Hall–Kier alpha value is -1.56. The van der Waals surface area contributed by atoms with Crippen LogP contribution in [0.1, 0.15) is 16.8 Å². The Bertz CT molecular complexity index is 536. The molecule has 1 amide bonds. The predicted molar refractivity (Wildman–Crippen MR) is 67.2 cm³/mol. The van der Waals surface area contributed by atoms with Crippen molar-refractivity contribution in [3.8, 4) is 5.75 Å². The fourth-order valence-electron chi connectivity index (χ4n) is 1.98. The molecular weight excluding hydrogens is 254 g/mol. The average molecular weight is 269 g/mol. The molecule has 0 saturated carbocycles. The number of aromatic hydroxyl groups is 1. The van der Waals surface area contributed by atoms with Gasteiger partial charge in [0.2, 0.25) is 0 Å². The van der Waals surface area contributed by atoms with E-state index in [0.717, 1.165) is 0 Å². The Balaban J connectivity index is 1.87. The number of amides is 1. The van der Waals surface area contributed by atoms with Crippen molar-refractivity contribution in [2.75, 3.05) is 18.1 Å². The molecule has 98 valence electrons. The van der Waals surface area contributed by atoms with Crippen molar-refractivity contribution in [1.29, 1.82) is 0 Å². The van der Waals surface area contributed by atoms with Crippen LogP contribution in [-0.2, 0) is 9.84 Å². The quantitative estimate of drug-likeness (QED) is 0.839. The van der Waals surface area contributed by atoms with Crippen LogP contribution in [0.3, 0.4) is 0 Å². The van der Waals surface area contributed by atoms with E-state index in [1.807, 2.05) is 0 Å². The molecule has 0 bridgehead atoms. The minimum absolute atomic E-state index is 0.0102. The molecule has 1 unspecified atom stereocenters. The van der Waals surface area contributed by atoms with Gasteiger partial charge in [0.1, 0.15) is 5.75 Å². The number of carbonyl (C=O) groups is 1. The maximum atomic E-state index is 11.7. The van der Waals surface area contributed by atoms with Crippen LogP contribution >= 0.6 is 0 Å². The highest BCUT2D eigenvalue weighted by molar-refractivity contribution is 7.91. The molecule has 1 heterocycles. The first-order valence-corrected chi connectivity index (χ1v) is 7.56. The lowest BCUT2D eigenvalue weighted by Gasteiger charge is -2.09. The third-order valence-corrected chi connectivity index (χ3v) is 4.84. The molecule has 6 heteroatoms. The molecular formula is C12H15NO4S. The first kappa shape index (κ1) is 12.9. The second kappa shape index (κ2) is 4.97. The van der Waals surface area contributed by atoms with Gasteiger partial charge in [-0.3, -0.25) is 4.79 Å². The van der Waals surface area contributed by atoms with Crippen molar-refractivity contribution in [2.24, 2.45) is 5.92 Å².